The zero-order chi connectivity index (χ0) is 37.5. The lowest BCUT2D eigenvalue weighted by Crippen LogP contribution is -2.01. The summed E-state index contributed by atoms with van der Waals surface area (Å²) in [6, 6.07) is 52.7. The third-order valence-corrected chi connectivity index (χ3v) is 11.8. The van der Waals surface area contributed by atoms with Crippen molar-refractivity contribution < 1.29 is 13.3 Å². The number of fused-ring (bicyclic) bond motifs is 15. The van der Waals surface area contributed by atoms with E-state index in [2.05, 4.69) is 69.8 Å². The lowest BCUT2D eigenvalue weighted by molar-refractivity contribution is 0.569. The van der Waals surface area contributed by atoms with E-state index < -0.39 is 0 Å². The first-order valence-corrected chi connectivity index (χ1v) is 18.8. The molecule has 0 aliphatic rings. The first kappa shape index (κ1) is 30.4. The van der Waals surface area contributed by atoms with Crippen LogP contribution in [0.2, 0.25) is 0 Å². The van der Waals surface area contributed by atoms with E-state index in [9.17, 15) is 9.59 Å². The fourth-order valence-corrected chi connectivity index (χ4v) is 9.27. The van der Waals surface area contributed by atoms with E-state index in [1.165, 1.54) is 0 Å². The van der Waals surface area contributed by atoms with Crippen molar-refractivity contribution in [2.24, 2.45) is 0 Å². The molecule has 0 saturated heterocycles. The van der Waals surface area contributed by atoms with Crippen molar-refractivity contribution in [3.63, 3.8) is 0 Å². The van der Waals surface area contributed by atoms with Gasteiger partial charge in [0.15, 0.2) is 0 Å². The molecule has 57 heavy (non-hydrogen) atoms. The van der Waals surface area contributed by atoms with Gasteiger partial charge in [-0.05, 0) is 84.9 Å². The van der Waals surface area contributed by atoms with E-state index in [-0.39, 0.29) is 11.3 Å². The lowest BCUT2D eigenvalue weighted by atomic mass is 10.0. The van der Waals surface area contributed by atoms with Crippen molar-refractivity contribution in [1.29, 1.82) is 0 Å². The molecule has 5 heterocycles. The van der Waals surface area contributed by atoms with E-state index in [1.54, 1.807) is 0 Å². The van der Waals surface area contributed by atoms with Crippen molar-refractivity contribution in [2.75, 3.05) is 0 Å². The molecule has 13 rings (SSSR count). The maximum Gasteiger partial charge on any atom is 0.344 e. The first-order valence-electron chi connectivity index (χ1n) is 18.8. The molecule has 0 spiro atoms. The molecule has 0 aliphatic carbocycles. The van der Waals surface area contributed by atoms with Gasteiger partial charge in [0, 0.05) is 65.2 Å². The maximum absolute atomic E-state index is 13.4. The van der Waals surface area contributed by atoms with Crippen LogP contribution in [0, 0.1) is 0 Å². The summed E-state index contributed by atoms with van der Waals surface area (Å²) in [7, 11) is 0. The van der Waals surface area contributed by atoms with Gasteiger partial charge < -0.3 is 22.4 Å². The number of para-hydroxylation sites is 4. The Kier molecular flexibility index (Phi) is 5.80. The first-order chi connectivity index (χ1) is 28.1. The van der Waals surface area contributed by atoms with E-state index in [0.29, 0.717) is 21.9 Å². The van der Waals surface area contributed by atoms with Gasteiger partial charge in [-0.25, -0.2) is 9.59 Å². The van der Waals surface area contributed by atoms with Crippen LogP contribution in [0.25, 0.3) is 120 Å². The minimum absolute atomic E-state index is 0.363. The molecule has 0 amide bonds. The van der Waals surface area contributed by atoms with E-state index >= 15 is 0 Å². The number of rotatable bonds is 2. The smallest absolute Gasteiger partial charge is 0.344 e. The molecule has 0 bridgehead atoms. The third-order valence-electron chi connectivity index (χ3n) is 11.8. The summed E-state index contributed by atoms with van der Waals surface area (Å²) >= 11 is 0. The van der Waals surface area contributed by atoms with Gasteiger partial charge in [0.1, 0.15) is 22.3 Å². The highest BCUT2D eigenvalue weighted by Crippen LogP contribution is 2.40. The van der Waals surface area contributed by atoms with Crippen LogP contribution in [-0.4, -0.2) is 9.13 Å². The molecular formula is C50H26N2O5. The highest BCUT2D eigenvalue weighted by molar-refractivity contribution is 6.19. The summed E-state index contributed by atoms with van der Waals surface area (Å²) in [5.41, 5.74) is 7.70. The van der Waals surface area contributed by atoms with Gasteiger partial charge in [-0.1, -0.05) is 72.8 Å². The van der Waals surface area contributed by atoms with Gasteiger partial charge in [0.2, 0.25) is 0 Å². The zero-order valence-electron chi connectivity index (χ0n) is 29.9. The number of furan rings is 1. The van der Waals surface area contributed by atoms with Crippen LogP contribution < -0.4 is 11.3 Å². The van der Waals surface area contributed by atoms with E-state index in [1.807, 2.05) is 97.1 Å². The van der Waals surface area contributed by atoms with E-state index in [4.69, 9.17) is 13.3 Å². The van der Waals surface area contributed by atoms with Crippen molar-refractivity contribution in [3.8, 4) is 11.4 Å². The summed E-state index contributed by atoms with van der Waals surface area (Å²) in [4.78, 5) is 26.8. The second kappa shape index (κ2) is 10.9. The molecule has 7 nitrogen and oxygen atoms in total. The Balaban J connectivity index is 1.06. The molecule has 8 aromatic carbocycles. The van der Waals surface area contributed by atoms with Gasteiger partial charge in [-0.15, -0.1) is 0 Å². The average Bonchev–Trinajstić information content (AvgIpc) is 3.89. The van der Waals surface area contributed by atoms with Crippen molar-refractivity contribution in [1.82, 2.24) is 9.13 Å². The maximum atomic E-state index is 13.4. The van der Waals surface area contributed by atoms with Crippen LogP contribution in [0.1, 0.15) is 0 Å². The minimum atomic E-state index is -0.363. The summed E-state index contributed by atoms with van der Waals surface area (Å²) in [5, 5.41) is 10.8. The van der Waals surface area contributed by atoms with Crippen molar-refractivity contribution in [3.05, 3.63) is 179 Å². The predicted molar refractivity (Wildman–Crippen MR) is 229 cm³/mol. The molecule has 0 atom stereocenters. The number of hydrogen-bond donors (Lipinski definition) is 0. The van der Waals surface area contributed by atoms with E-state index in [0.717, 1.165) is 98.5 Å². The molecule has 7 heteroatoms. The molecule has 0 radical (unpaired) electrons. The molecule has 0 unspecified atom stereocenters. The molecule has 0 saturated carbocycles. The Labute approximate surface area is 320 Å². The second-order valence-corrected chi connectivity index (χ2v) is 14.8. The number of aromatic nitrogens is 2. The molecule has 0 aliphatic heterocycles. The van der Waals surface area contributed by atoms with Gasteiger partial charge in [-0.3, -0.25) is 0 Å². The second-order valence-electron chi connectivity index (χ2n) is 14.8. The Morgan fingerprint density at radius 2 is 0.684 bits per heavy atom. The van der Waals surface area contributed by atoms with Crippen LogP contribution in [0.5, 0.6) is 0 Å². The van der Waals surface area contributed by atoms with Crippen LogP contribution >= 0.6 is 0 Å². The van der Waals surface area contributed by atoms with Gasteiger partial charge in [0.25, 0.3) is 0 Å². The highest BCUT2D eigenvalue weighted by Gasteiger charge is 2.20. The van der Waals surface area contributed by atoms with Crippen LogP contribution in [0.4, 0.5) is 0 Å². The quantitative estimate of drug-likeness (QED) is 0.130. The van der Waals surface area contributed by atoms with Crippen LogP contribution in [-0.2, 0) is 0 Å². The predicted octanol–water partition coefficient (Wildman–Crippen LogP) is 12.3. The van der Waals surface area contributed by atoms with Crippen LogP contribution in [0.15, 0.2) is 181 Å². The SMILES string of the molecule is O=c1oc2ccccc2c2cc3c4ccccc4n(-c4ccc5oc6ccc(-n7c8ccccc8c8cc9c(cc87)c(=O)oc7ccccc79)cc6c5c4)c3cc12. The zero-order valence-corrected chi connectivity index (χ0v) is 29.9. The van der Waals surface area contributed by atoms with Gasteiger partial charge in [-0.2, -0.15) is 0 Å². The summed E-state index contributed by atoms with van der Waals surface area (Å²) < 4.78 is 22.4. The third kappa shape index (κ3) is 4.09. The fourth-order valence-electron chi connectivity index (χ4n) is 9.27. The number of benzene rings is 8. The summed E-state index contributed by atoms with van der Waals surface area (Å²) in [6.45, 7) is 0. The minimum Gasteiger partial charge on any atom is -0.456 e. The molecular weight excluding hydrogens is 709 g/mol. The Morgan fingerprint density at radius 1 is 0.281 bits per heavy atom. The average molecular weight is 735 g/mol. The number of nitrogens with zero attached hydrogens (tertiary/aromatic N) is 2. The Morgan fingerprint density at radius 3 is 1.16 bits per heavy atom. The molecule has 0 N–H and O–H groups in total. The largest absolute Gasteiger partial charge is 0.456 e. The van der Waals surface area contributed by atoms with Crippen molar-refractivity contribution >= 4 is 109 Å². The topological polar surface area (TPSA) is 83.4 Å². The van der Waals surface area contributed by atoms with Gasteiger partial charge in [0.05, 0.1) is 32.8 Å². The Hall–Kier alpha value is -7.90. The lowest BCUT2D eigenvalue weighted by Gasteiger charge is -2.10. The van der Waals surface area contributed by atoms with Gasteiger partial charge >= 0.3 is 11.3 Å². The molecule has 266 valence electrons. The monoisotopic (exact) mass is 734 g/mol. The highest BCUT2D eigenvalue weighted by atomic mass is 16.4. The summed E-state index contributed by atoms with van der Waals surface area (Å²) in [5.74, 6) is 0. The molecule has 13 aromatic rings. The summed E-state index contributed by atoms with van der Waals surface area (Å²) in [6.07, 6.45) is 0. The standard InChI is InChI=1S/C50H26N2O5/c53-49-39-25-43-35(23-33(39)31-11-3-7-15-45(31)56-49)29-9-1-5-13-41(29)51(43)27-17-19-47-37(21-27)38-22-28(18-20-48(38)55-47)52-42-14-6-2-10-30(42)36-24-34-32-12-4-8-16-46(32)57-50(54)40(34)26-44(36)52/h1-26H. The molecule has 0 fully saturated rings. The molecule has 5 aromatic heterocycles. The van der Waals surface area contributed by atoms with Crippen molar-refractivity contribution in [2.45, 2.75) is 0 Å². The van der Waals surface area contributed by atoms with Crippen LogP contribution in [0.3, 0.4) is 0 Å². The number of hydrogen-bond acceptors (Lipinski definition) is 5. The Bertz CT molecular complexity index is 3780. The fraction of sp³-hybridized carbons (Fsp3) is 0. The normalized spacial score (nSPS) is 12.4.